The van der Waals surface area contributed by atoms with Crippen molar-refractivity contribution in [3.8, 4) is 0 Å². The van der Waals surface area contributed by atoms with Gasteiger partial charge in [-0.05, 0) is 26.7 Å². The average molecular weight is 181 g/mol. The lowest BCUT2D eigenvalue weighted by molar-refractivity contribution is 0.589. The summed E-state index contributed by atoms with van der Waals surface area (Å²) in [4.78, 5) is 0. The van der Waals surface area contributed by atoms with Gasteiger partial charge in [-0.2, -0.15) is 0 Å². The summed E-state index contributed by atoms with van der Waals surface area (Å²) in [6.45, 7) is 8.30. The van der Waals surface area contributed by atoms with Gasteiger partial charge in [-0.3, -0.25) is 0 Å². The summed E-state index contributed by atoms with van der Waals surface area (Å²) < 4.78 is 0. The highest BCUT2D eigenvalue weighted by Gasteiger charge is 1.91. The van der Waals surface area contributed by atoms with Crippen molar-refractivity contribution < 1.29 is 0 Å². The molecule has 0 atom stereocenters. The molecule has 0 aromatic carbocycles. The molecule has 0 rings (SSSR count). The summed E-state index contributed by atoms with van der Waals surface area (Å²) in [5.74, 6) is 0. The van der Waals surface area contributed by atoms with Crippen molar-refractivity contribution in [1.29, 1.82) is 0 Å². The minimum absolute atomic E-state index is 1.20. The smallest absolute Gasteiger partial charge is 0.0283 e. The molecule has 1 radical (unpaired) electrons. The Hall–Kier alpha value is -0.260. The number of rotatable bonds is 8. The first-order valence-corrected chi connectivity index (χ1v) is 5.78. The van der Waals surface area contributed by atoms with Gasteiger partial charge in [0.1, 0.15) is 0 Å². The van der Waals surface area contributed by atoms with Gasteiger partial charge >= 0.3 is 0 Å². The molecule has 0 spiro atoms. The maximum Gasteiger partial charge on any atom is -0.0283 e. The Balaban J connectivity index is 3.00. The van der Waals surface area contributed by atoms with Crippen molar-refractivity contribution in [1.82, 2.24) is 0 Å². The second kappa shape index (κ2) is 9.83. The lowest BCUT2D eigenvalue weighted by atomic mass is 10.1. The Morgan fingerprint density at radius 1 is 1.00 bits per heavy atom. The zero-order valence-corrected chi connectivity index (χ0v) is 9.44. The van der Waals surface area contributed by atoms with Crippen molar-refractivity contribution in [2.45, 2.75) is 65.2 Å². The Morgan fingerprint density at radius 3 is 2.08 bits per heavy atom. The van der Waals surface area contributed by atoms with Crippen LogP contribution < -0.4 is 0 Å². The fourth-order valence-electron chi connectivity index (χ4n) is 1.45. The van der Waals surface area contributed by atoms with Crippen LogP contribution in [0.2, 0.25) is 0 Å². The molecule has 0 nitrogen and oxygen atoms in total. The monoisotopic (exact) mass is 181 g/mol. The summed E-state index contributed by atoms with van der Waals surface area (Å²) >= 11 is 0. The molecule has 0 amide bonds. The van der Waals surface area contributed by atoms with Gasteiger partial charge in [-0.25, -0.2) is 0 Å². The molecule has 0 fully saturated rings. The van der Waals surface area contributed by atoms with Gasteiger partial charge in [0.2, 0.25) is 0 Å². The zero-order chi connectivity index (χ0) is 9.94. The van der Waals surface area contributed by atoms with E-state index in [9.17, 15) is 0 Å². The second-order valence-corrected chi connectivity index (χ2v) is 3.82. The molecule has 0 unspecified atom stereocenters. The summed E-state index contributed by atoms with van der Waals surface area (Å²) in [6, 6.07) is 0. The molecule has 0 bridgehead atoms. The van der Waals surface area contributed by atoms with Gasteiger partial charge in [0, 0.05) is 0 Å². The van der Waals surface area contributed by atoms with Gasteiger partial charge in [0.25, 0.3) is 0 Å². The van der Waals surface area contributed by atoms with E-state index in [0.29, 0.717) is 0 Å². The molecule has 77 valence electrons. The van der Waals surface area contributed by atoms with Gasteiger partial charge in [0.15, 0.2) is 0 Å². The predicted octanol–water partition coefficient (Wildman–Crippen LogP) is 4.91. The fourth-order valence-corrected chi connectivity index (χ4v) is 1.45. The molecule has 0 aromatic heterocycles. The quantitative estimate of drug-likeness (QED) is 0.467. The molecule has 0 saturated carbocycles. The van der Waals surface area contributed by atoms with Crippen LogP contribution in [0.25, 0.3) is 0 Å². The molecule has 0 heteroatoms. The van der Waals surface area contributed by atoms with Crippen LogP contribution in [0, 0.1) is 6.92 Å². The van der Waals surface area contributed by atoms with Gasteiger partial charge in [0.05, 0.1) is 0 Å². The van der Waals surface area contributed by atoms with E-state index in [2.05, 4.69) is 26.8 Å². The first-order chi connectivity index (χ1) is 6.31. The topological polar surface area (TPSA) is 0 Å². The van der Waals surface area contributed by atoms with Crippen molar-refractivity contribution in [2.75, 3.05) is 0 Å². The Kier molecular flexibility index (Phi) is 9.63. The molecule has 13 heavy (non-hydrogen) atoms. The first kappa shape index (κ1) is 12.7. The Bertz CT molecular complexity index is 122. The van der Waals surface area contributed by atoms with Crippen molar-refractivity contribution >= 4 is 0 Å². The van der Waals surface area contributed by atoms with Crippen molar-refractivity contribution in [3.63, 3.8) is 0 Å². The minimum Gasteiger partial charge on any atom is -0.0884 e. The van der Waals surface area contributed by atoms with Crippen LogP contribution in [0.5, 0.6) is 0 Å². The molecule has 0 aliphatic rings. The number of allylic oxidation sites excluding steroid dienone is 2. The van der Waals surface area contributed by atoms with E-state index in [0.717, 1.165) is 0 Å². The zero-order valence-electron chi connectivity index (χ0n) is 9.44. The highest BCUT2D eigenvalue weighted by molar-refractivity contribution is 5.02. The van der Waals surface area contributed by atoms with E-state index in [4.69, 9.17) is 0 Å². The van der Waals surface area contributed by atoms with Gasteiger partial charge in [-0.15, -0.1) is 0 Å². The average Bonchev–Trinajstić information content (AvgIpc) is 2.16. The van der Waals surface area contributed by atoms with Crippen LogP contribution >= 0.6 is 0 Å². The maximum atomic E-state index is 3.96. The van der Waals surface area contributed by atoms with E-state index in [1.54, 1.807) is 0 Å². The number of hydrogen-bond donors (Lipinski definition) is 0. The normalized spacial score (nSPS) is 12.1. The molecule has 0 aliphatic heterocycles. The van der Waals surface area contributed by atoms with Crippen LogP contribution in [-0.2, 0) is 0 Å². The third-order valence-electron chi connectivity index (χ3n) is 2.51. The molecule has 0 heterocycles. The van der Waals surface area contributed by atoms with E-state index in [1.807, 2.05) is 0 Å². The molecule has 0 saturated heterocycles. The Morgan fingerprint density at radius 2 is 1.54 bits per heavy atom. The van der Waals surface area contributed by atoms with Crippen molar-refractivity contribution in [2.24, 2.45) is 0 Å². The van der Waals surface area contributed by atoms with Crippen LogP contribution in [0.4, 0.5) is 0 Å². The molecule has 0 aliphatic carbocycles. The van der Waals surface area contributed by atoms with Crippen LogP contribution in [-0.4, -0.2) is 0 Å². The molecule has 0 aromatic rings. The molecule has 0 N–H and O–H groups in total. The number of hydrogen-bond acceptors (Lipinski definition) is 0. The number of unbranched alkanes of at least 4 members (excludes halogenated alkanes) is 6. The third-order valence-corrected chi connectivity index (χ3v) is 2.51. The SMILES string of the molecule is [CH2]C(=CC)CCCCCCCCC. The highest BCUT2D eigenvalue weighted by Crippen LogP contribution is 2.11. The summed E-state index contributed by atoms with van der Waals surface area (Å²) in [5, 5.41) is 0. The van der Waals surface area contributed by atoms with E-state index in [-0.39, 0.29) is 0 Å². The van der Waals surface area contributed by atoms with Crippen LogP contribution in [0.15, 0.2) is 11.6 Å². The first-order valence-electron chi connectivity index (χ1n) is 5.78. The molecular weight excluding hydrogens is 156 g/mol. The lowest BCUT2D eigenvalue weighted by Gasteiger charge is -2.01. The van der Waals surface area contributed by atoms with E-state index >= 15 is 0 Å². The van der Waals surface area contributed by atoms with E-state index in [1.165, 1.54) is 56.9 Å². The third kappa shape index (κ3) is 9.66. The summed E-state index contributed by atoms with van der Waals surface area (Å²) in [6.07, 6.45) is 13.1. The van der Waals surface area contributed by atoms with Crippen molar-refractivity contribution in [3.05, 3.63) is 18.6 Å². The highest BCUT2D eigenvalue weighted by atomic mass is 14.0. The van der Waals surface area contributed by atoms with Crippen LogP contribution in [0.3, 0.4) is 0 Å². The predicted molar refractivity (Wildman–Crippen MR) is 61.7 cm³/mol. The van der Waals surface area contributed by atoms with Gasteiger partial charge in [-0.1, -0.05) is 57.1 Å². The van der Waals surface area contributed by atoms with Crippen LogP contribution in [0.1, 0.15) is 65.2 Å². The Labute approximate surface area is 84.4 Å². The maximum absolute atomic E-state index is 3.96. The summed E-state index contributed by atoms with van der Waals surface area (Å²) in [7, 11) is 0. The lowest BCUT2D eigenvalue weighted by Crippen LogP contribution is -1.81. The summed E-state index contributed by atoms with van der Waals surface area (Å²) in [5.41, 5.74) is 1.30. The largest absolute Gasteiger partial charge is 0.0884 e. The van der Waals surface area contributed by atoms with E-state index < -0.39 is 0 Å². The van der Waals surface area contributed by atoms with Gasteiger partial charge < -0.3 is 0 Å². The standard InChI is InChI=1S/C13H25/c1-4-6-7-8-9-10-11-12-13(3)5-2/h5H,3-4,6-12H2,1-2H3. The fraction of sp³-hybridized carbons (Fsp3) is 0.769. The molecular formula is C13H25. The minimum atomic E-state index is 1.20. The second-order valence-electron chi connectivity index (χ2n) is 3.82.